The van der Waals surface area contributed by atoms with Crippen LogP contribution in [0.5, 0.6) is 0 Å². The van der Waals surface area contributed by atoms with Gasteiger partial charge in [0.15, 0.2) is 0 Å². The van der Waals surface area contributed by atoms with Crippen LogP contribution >= 0.6 is 0 Å². The lowest BCUT2D eigenvalue weighted by molar-refractivity contribution is -0.384. The van der Waals surface area contributed by atoms with Crippen LogP contribution in [0.15, 0.2) is 84.9 Å². The molecule has 0 amide bonds. The van der Waals surface area contributed by atoms with E-state index in [9.17, 15) is 20.3 Å². The monoisotopic (exact) mass is 432 g/mol. The number of non-ortho nitro benzene ring substituents is 1. The van der Waals surface area contributed by atoms with Gasteiger partial charge in [0.2, 0.25) is 0 Å². The molecule has 0 bridgehead atoms. The Kier molecular flexibility index (Phi) is 8.27. The fraction of sp³-hybridized carbons (Fsp3) is 0.231. The van der Waals surface area contributed by atoms with E-state index in [1.54, 1.807) is 18.2 Å². The fourth-order valence-electron chi connectivity index (χ4n) is 3.56. The van der Waals surface area contributed by atoms with E-state index in [1.165, 1.54) is 12.1 Å². The summed E-state index contributed by atoms with van der Waals surface area (Å²) >= 11 is 0. The Balaban J connectivity index is 1.71. The molecule has 0 saturated heterocycles. The Morgan fingerprint density at radius 3 is 2.31 bits per heavy atom. The molecular weight excluding hydrogens is 404 g/mol. The van der Waals surface area contributed by atoms with Crippen LogP contribution in [0.25, 0.3) is 11.6 Å². The molecule has 0 radical (unpaired) electrons. The van der Waals surface area contributed by atoms with E-state index >= 15 is 0 Å². The molecule has 0 fully saturated rings. The molecule has 0 aromatic heterocycles. The van der Waals surface area contributed by atoms with E-state index in [4.69, 9.17) is 0 Å². The van der Waals surface area contributed by atoms with Gasteiger partial charge in [0, 0.05) is 18.2 Å². The third-order valence-corrected chi connectivity index (χ3v) is 5.37. The van der Waals surface area contributed by atoms with Gasteiger partial charge in [0.05, 0.1) is 17.1 Å². The second-order valence-corrected chi connectivity index (χ2v) is 7.72. The summed E-state index contributed by atoms with van der Waals surface area (Å²) in [6, 6.07) is 25.1. The van der Waals surface area contributed by atoms with Gasteiger partial charge in [-0.25, -0.2) is 0 Å². The molecule has 32 heavy (non-hydrogen) atoms. The molecule has 166 valence electrons. The number of nitro groups is 1. The number of rotatable bonds is 10. The minimum absolute atomic E-state index is 0.00559. The summed E-state index contributed by atoms with van der Waals surface area (Å²) in [5.74, 6) is 0. The van der Waals surface area contributed by atoms with Crippen molar-refractivity contribution < 1.29 is 15.1 Å². The molecule has 3 aromatic rings. The minimum atomic E-state index is -0.787. The van der Waals surface area contributed by atoms with E-state index < -0.39 is 17.1 Å². The Hall–Kier alpha value is -3.32. The lowest BCUT2D eigenvalue weighted by Gasteiger charge is -2.22. The number of hydrogen-bond acceptors (Lipinski definition) is 5. The smallest absolute Gasteiger partial charge is 0.270 e. The fourth-order valence-corrected chi connectivity index (χ4v) is 3.56. The number of aliphatic hydroxyl groups is 2. The molecule has 0 saturated carbocycles. The molecule has 3 atom stereocenters. The second-order valence-electron chi connectivity index (χ2n) is 7.72. The van der Waals surface area contributed by atoms with E-state index in [1.807, 2.05) is 67.6 Å². The maximum atomic E-state index is 11.1. The zero-order valence-electron chi connectivity index (χ0n) is 18.0. The molecule has 6 heteroatoms. The van der Waals surface area contributed by atoms with Gasteiger partial charge in [-0.05, 0) is 48.2 Å². The predicted octanol–water partition coefficient (Wildman–Crippen LogP) is 4.60. The normalized spacial score (nSPS) is 14.5. The maximum absolute atomic E-state index is 11.1. The largest absolute Gasteiger partial charge is 0.388 e. The molecule has 0 spiro atoms. The predicted molar refractivity (Wildman–Crippen MR) is 127 cm³/mol. The Bertz CT molecular complexity index is 1040. The molecule has 0 aliphatic carbocycles. The number of benzene rings is 3. The molecule has 0 heterocycles. The standard InChI is InChI=1S/C26H28N2O4/c1-19(26(30)22-12-6-3-7-13-22)27-16-15-25(29)24(21-10-4-2-5-11-21)18-20-9-8-14-23(17-20)28(31)32/h2-14,17-19,25-27,29-30H,15-16H2,1H3/b24-18-. The number of nitrogens with one attached hydrogen (secondary N) is 1. The maximum Gasteiger partial charge on any atom is 0.270 e. The number of nitrogens with zero attached hydrogens (tertiary/aromatic N) is 1. The lowest BCUT2D eigenvalue weighted by atomic mass is 9.95. The third-order valence-electron chi connectivity index (χ3n) is 5.37. The highest BCUT2D eigenvalue weighted by Crippen LogP contribution is 2.25. The molecule has 0 aliphatic heterocycles. The van der Waals surface area contributed by atoms with Crippen LogP contribution < -0.4 is 5.32 Å². The van der Waals surface area contributed by atoms with Crippen molar-refractivity contribution in [2.45, 2.75) is 31.6 Å². The van der Waals surface area contributed by atoms with Crippen LogP contribution in [-0.2, 0) is 0 Å². The highest BCUT2D eigenvalue weighted by atomic mass is 16.6. The number of aliphatic hydroxyl groups excluding tert-OH is 2. The third kappa shape index (κ3) is 6.34. The van der Waals surface area contributed by atoms with Crippen LogP contribution in [-0.4, -0.2) is 33.8 Å². The highest BCUT2D eigenvalue weighted by molar-refractivity contribution is 5.84. The van der Waals surface area contributed by atoms with E-state index in [-0.39, 0.29) is 11.7 Å². The van der Waals surface area contributed by atoms with Crippen LogP contribution in [0.3, 0.4) is 0 Å². The SMILES string of the molecule is CC(NCCC(O)/C(=C\c1cccc([N+](=O)[O-])c1)c1ccccc1)C(O)c1ccccc1. The summed E-state index contributed by atoms with van der Waals surface area (Å²) in [5, 5.41) is 35.9. The molecule has 6 nitrogen and oxygen atoms in total. The molecular formula is C26H28N2O4. The van der Waals surface area contributed by atoms with Crippen molar-refractivity contribution in [2.75, 3.05) is 6.54 Å². The average Bonchev–Trinajstić information content (AvgIpc) is 2.83. The summed E-state index contributed by atoms with van der Waals surface area (Å²) < 4.78 is 0. The van der Waals surface area contributed by atoms with Crippen LogP contribution in [0.2, 0.25) is 0 Å². The van der Waals surface area contributed by atoms with Gasteiger partial charge >= 0.3 is 0 Å². The first-order chi connectivity index (χ1) is 15.5. The van der Waals surface area contributed by atoms with Crippen molar-refractivity contribution in [2.24, 2.45) is 0 Å². The summed E-state index contributed by atoms with van der Waals surface area (Å²) in [7, 11) is 0. The summed E-state index contributed by atoms with van der Waals surface area (Å²) in [6.07, 6.45) is 0.768. The van der Waals surface area contributed by atoms with Crippen LogP contribution in [0.1, 0.15) is 36.1 Å². The number of nitro benzene ring substituents is 1. The van der Waals surface area contributed by atoms with Crippen LogP contribution in [0.4, 0.5) is 5.69 Å². The second kappa shape index (κ2) is 11.3. The van der Waals surface area contributed by atoms with Gasteiger partial charge in [-0.15, -0.1) is 0 Å². The van der Waals surface area contributed by atoms with Gasteiger partial charge in [0.1, 0.15) is 0 Å². The first kappa shape index (κ1) is 23.3. The van der Waals surface area contributed by atoms with Gasteiger partial charge < -0.3 is 15.5 Å². The van der Waals surface area contributed by atoms with Gasteiger partial charge in [0.25, 0.3) is 5.69 Å². The van der Waals surface area contributed by atoms with Gasteiger partial charge in [-0.1, -0.05) is 72.8 Å². The van der Waals surface area contributed by atoms with Crippen molar-refractivity contribution in [3.63, 3.8) is 0 Å². The first-order valence-corrected chi connectivity index (χ1v) is 10.6. The Labute approximate surface area is 188 Å². The molecule has 3 unspecified atom stereocenters. The summed E-state index contributed by atoms with van der Waals surface area (Å²) in [5.41, 5.74) is 3.03. The molecule has 3 aromatic carbocycles. The van der Waals surface area contributed by atoms with Crippen molar-refractivity contribution >= 4 is 17.3 Å². The zero-order chi connectivity index (χ0) is 22.9. The lowest BCUT2D eigenvalue weighted by Crippen LogP contribution is -2.34. The van der Waals surface area contributed by atoms with Crippen molar-refractivity contribution in [1.82, 2.24) is 5.32 Å². The van der Waals surface area contributed by atoms with Crippen molar-refractivity contribution in [1.29, 1.82) is 0 Å². The molecule has 3 rings (SSSR count). The van der Waals surface area contributed by atoms with Gasteiger partial charge in [-0.3, -0.25) is 10.1 Å². The summed E-state index contributed by atoms with van der Waals surface area (Å²) in [4.78, 5) is 10.7. The van der Waals surface area contributed by atoms with E-state index in [0.717, 1.165) is 11.1 Å². The average molecular weight is 433 g/mol. The van der Waals surface area contributed by atoms with Gasteiger partial charge in [-0.2, -0.15) is 0 Å². The van der Waals surface area contributed by atoms with Crippen molar-refractivity contribution in [3.8, 4) is 0 Å². The zero-order valence-corrected chi connectivity index (χ0v) is 18.0. The topological polar surface area (TPSA) is 95.6 Å². The minimum Gasteiger partial charge on any atom is -0.388 e. The van der Waals surface area contributed by atoms with Crippen LogP contribution in [0, 0.1) is 10.1 Å². The van der Waals surface area contributed by atoms with E-state index in [0.29, 0.717) is 24.1 Å². The summed E-state index contributed by atoms with van der Waals surface area (Å²) in [6.45, 7) is 2.40. The Morgan fingerprint density at radius 2 is 1.66 bits per heavy atom. The van der Waals surface area contributed by atoms with Crippen molar-refractivity contribution in [3.05, 3.63) is 112 Å². The van der Waals surface area contributed by atoms with E-state index in [2.05, 4.69) is 5.32 Å². The quantitative estimate of drug-likeness (QED) is 0.247. The molecule has 3 N–H and O–H groups in total. The molecule has 0 aliphatic rings. The Morgan fingerprint density at radius 1 is 1.00 bits per heavy atom. The highest BCUT2D eigenvalue weighted by Gasteiger charge is 2.18. The first-order valence-electron chi connectivity index (χ1n) is 10.6. The number of hydrogen-bond donors (Lipinski definition) is 3.